The maximum Gasteiger partial charge on any atom is 0.191 e. The summed E-state index contributed by atoms with van der Waals surface area (Å²) in [4.78, 5) is 10.7. The Kier molecular flexibility index (Phi) is 9.48. The second kappa shape index (κ2) is 11.6. The first-order chi connectivity index (χ1) is 14.4. The number of pyridine rings is 1. The number of aromatic nitrogens is 1. The van der Waals surface area contributed by atoms with Crippen LogP contribution in [0.3, 0.4) is 0 Å². The predicted molar refractivity (Wildman–Crippen MR) is 133 cm³/mol. The Morgan fingerprint density at radius 1 is 1.23 bits per heavy atom. The molecule has 0 unspecified atom stereocenters. The molecule has 0 spiro atoms. The highest BCUT2D eigenvalue weighted by atomic mass is 127. The summed E-state index contributed by atoms with van der Waals surface area (Å²) in [5.41, 5.74) is 1.14. The van der Waals surface area contributed by atoms with Crippen LogP contribution in [0.1, 0.15) is 18.4 Å². The van der Waals surface area contributed by atoms with Gasteiger partial charge in [0.15, 0.2) is 15.8 Å². The number of halogens is 2. The van der Waals surface area contributed by atoms with Crippen LogP contribution in [0.2, 0.25) is 0 Å². The molecule has 0 aliphatic carbocycles. The average Bonchev–Trinajstić information content (AvgIpc) is 2.74. The van der Waals surface area contributed by atoms with E-state index in [1.165, 1.54) is 18.2 Å². The monoisotopic (exact) mass is 561 g/mol. The van der Waals surface area contributed by atoms with E-state index in [2.05, 4.69) is 31.6 Å². The van der Waals surface area contributed by atoms with Crippen molar-refractivity contribution in [2.75, 3.05) is 37.3 Å². The lowest BCUT2D eigenvalue weighted by Crippen LogP contribution is -2.49. The van der Waals surface area contributed by atoms with Crippen molar-refractivity contribution in [1.82, 2.24) is 15.6 Å². The third kappa shape index (κ3) is 7.03. The number of rotatable bonds is 6. The first-order valence-electron chi connectivity index (χ1n) is 10.0. The Balaban J connectivity index is 0.00000341. The fourth-order valence-electron chi connectivity index (χ4n) is 3.40. The van der Waals surface area contributed by atoms with Crippen LogP contribution in [0.25, 0.3) is 0 Å². The number of anilines is 1. The van der Waals surface area contributed by atoms with E-state index in [9.17, 15) is 12.8 Å². The molecule has 0 bridgehead atoms. The molecular formula is C21H29FIN5O2S. The van der Waals surface area contributed by atoms with Crippen LogP contribution in [-0.4, -0.2) is 57.8 Å². The first-order valence-corrected chi connectivity index (χ1v) is 11.7. The molecule has 1 aliphatic rings. The Morgan fingerprint density at radius 2 is 1.94 bits per heavy atom. The number of nitrogens with one attached hydrogen (secondary N) is 2. The smallest absolute Gasteiger partial charge is 0.191 e. The van der Waals surface area contributed by atoms with E-state index >= 15 is 0 Å². The molecule has 31 heavy (non-hydrogen) atoms. The summed E-state index contributed by atoms with van der Waals surface area (Å²) in [6, 6.07) is 9.77. The second-order valence-electron chi connectivity index (χ2n) is 7.35. The standard InChI is InChI=1S/C21H28FN5O2S.HI/c1-16-7-8-20(25-15-16)27-12-9-17(10-13-27)26-21(23-2)24-11-14-30(28,29)19-6-4-3-5-18(19)22;/h3-8,15,17H,9-14H2,1-2H3,(H2,23,24,26);1H. The summed E-state index contributed by atoms with van der Waals surface area (Å²) < 4.78 is 38.5. The van der Waals surface area contributed by atoms with Gasteiger partial charge >= 0.3 is 0 Å². The van der Waals surface area contributed by atoms with Crippen molar-refractivity contribution in [3.05, 3.63) is 54.0 Å². The lowest BCUT2D eigenvalue weighted by molar-refractivity contribution is 0.460. The van der Waals surface area contributed by atoms with Crippen LogP contribution in [0.15, 0.2) is 52.5 Å². The van der Waals surface area contributed by atoms with Crippen molar-refractivity contribution >= 4 is 45.6 Å². The van der Waals surface area contributed by atoms with Crippen molar-refractivity contribution in [2.45, 2.75) is 30.7 Å². The van der Waals surface area contributed by atoms with Crippen LogP contribution < -0.4 is 15.5 Å². The molecule has 0 atom stereocenters. The molecule has 1 aromatic heterocycles. The third-order valence-corrected chi connectivity index (χ3v) is 6.86. The van der Waals surface area contributed by atoms with Crippen molar-refractivity contribution in [1.29, 1.82) is 0 Å². The Bertz CT molecular complexity index is 978. The fraction of sp³-hybridized carbons (Fsp3) is 0.429. The van der Waals surface area contributed by atoms with Crippen LogP contribution >= 0.6 is 24.0 Å². The first kappa shape index (κ1) is 25.3. The molecule has 3 rings (SSSR count). The molecule has 2 N–H and O–H groups in total. The Morgan fingerprint density at radius 3 is 2.55 bits per heavy atom. The topological polar surface area (TPSA) is 86.7 Å². The van der Waals surface area contributed by atoms with Crippen molar-refractivity contribution < 1.29 is 12.8 Å². The predicted octanol–water partition coefficient (Wildman–Crippen LogP) is 2.75. The average molecular weight is 561 g/mol. The zero-order chi connectivity index (χ0) is 21.6. The van der Waals surface area contributed by atoms with Gasteiger partial charge in [-0.1, -0.05) is 18.2 Å². The van der Waals surface area contributed by atoms with Gasteiger partial charge in [0.25, 0.3) is 0 Å². The lowest BCUT2D eigenvalue weighted by Gasteiger charge is -2.33. The molecule has 2 heterocycles. The van der Waals surface area contributed by atoms with E-state index in [1.807, 2.05) is 19.2 Å². The lowest BCUT2D eigenvalue weighted by atomic mass is 10.1. The number of aliphatic imine (C=N–C) groups is 1. The molecule has 0 amide bonds. The van der Waals surface area contributed by atoms with Gasteiger partial charge in [-0.2, -0.15) is 0 Å². The van der Waals surface area contributed by atoms with Crippen LogP contribution in [0.4, 0.5) is 10.2 Å². The number of hydrogen-bond donors (Lipinski definition) is 2. The molecule has 170 valence electrons. The normalized spacial score (nSPS) is 15.3. The summed E-state index contributed by atoms with van der Waals surface area (Å²) in [5.74, 6) is 0.590. The highest BCUT2D eigenvalue weighted by Gasteiger charge is 2.22. The van der Waals surface area contributed by atoms with Crippen LogP contribution in [0.5, 0.6) is 0 Å². The van der Waals surface area contributed by atoms with Gasteiger partial charge < -0.3 is 15.5 Å². The molecule has 1 aliphatic heterocycles. The van der Waals surface area contributed by atoms with Gasteiger partial charge in [-0.05, 0) is 43.5 Å². The van der Waals surface area contributed by atoms with Gasteiger partial charge in [-0.3, -0.25) is 4.99 Å². The largest absolute Gasteiger partial charge is 0.356 e. The number of aryl methyl sites for hydroxylation is 1. The van der Waals surface area contributed by atoms with E-state index in [4.69, 9.17) is 0 Å². The summed E-state index contributed by atoms with van der Waals surface area (Å²) in [6.45, 7) is 3.92. The van der Waals surface area contributed by atoms with Gasteiger partial charge in [-0.25, -0.2) is 17.8 Å². The molecule has 1 saturated heterocycles. The number of hydrogen-bond acceptors (Lipinski definition) is 5. The fourth-order valence-corrected chi connectivity index (χ4v) is 4.64. The van der Waals surface area contributed by atoms with E-state index in [1.54, 1.807) is 7.05 Å². The molecule has 10 heteroatoms. The summed E-state index contributed by atoms with van der Waals surface area (Å²) in [7, 11) is -2.06. The maximum absolute atomic E-state index is 13.8. The highest BCUT2D eigenvalue weighted by Crippen LogP contribution is 2.18. The minimum absolute atomic E-state index is 0. The quantitative estimate of drug-likeness (QED) is 0.321. The number of sulfone groups is 1. The number of benzene rings is 1. The number of guanidine groups is 1. The molecule has 1 aromatic carbocycles. The van der Waals surface area contributed by atoms with Crippen molar-refractivity contribution in [3.8, 4) is 0 Å². The summed E-state index contributed by atoms with van der Waals surface area (Å²) in [5, 5.41) is 6.37. The van der Waals surface area contributed by atoms with Crippen molar-refractivity contribution in [3.63, 3.8) is 0 Å². The summed E-state index contributed by atoms with van der Waals surface area (Å²) >= 11 is 0. The van der Waals surface area contributed by atoms with Gasteiger partial charge in [-0.15, -0.1) is 24.0 Å². The SMILES string of the molecule is CN=C(NCCS(=O)(=O)c1ccccc1F)NC1CCN(c2ccc(C)cn2)CC1.I. The van der Waals surface area contributed by atoms with Crippen LogP contribution in [-0.2, 0) is 9.84 Å². The van der Waals surface area contributed by atoms with E-state index in [0.29, 0.717) is 5.96 Å². The molecule has 0 radical (unpaired) electrons. The Labute approximate surface area is 200 Å². The summed E-state index contributed by atoms with van der Waals surface area (Å²) in [6.07, 6.45) is 3.72. The minimum Gasteiger partial charge on any atom is -0.356 e. The molecule has 1 fully saturated rings. The maximum atomic E-state index is 13.8. The highest BCUT2D eigenvalue weighted by molar-refractivity contribution is 14.0. The van der Waals surface area contributed by atoms with Gasteiger partial charge in [0.1, 0.15) is 16.5 Å². The minimum atomic E-state index is -3.70. The van der Waals surface area contributed by atoms with E-state index in [0.717, 1.165) is 43.4 Å². The molecule has 2 aromatic rings. The number of piperidine rings is 1. The number of nitrogens with zero attached hydrogens (tertiary/aromatic N) is 3. The van der Waals surface area contributed by atoms with Crippen LogP contribution in [0, 0.1) is 12.7 Å². The zero-order valence-corrected chi connectivity index (χ0v) is 20.9. The zero-order valence-electron chi connectivity index (χ0n) is 17.7. The molecule has 0 saturated carbocycles. The Hall–Kier alpha value is -1.95. The molecule has 7 nitrogen and oxygen atoms in total. The van der Waals surface area contributed by atoms with E-state index < -0.39 is 15.7 Å². The van der Waals surface area contributed by atoms with E-state index in [-0.39, 0.29) is 47.2 Å². The van der Waals surface area contributed by atoms with Gasteiger partial charge in [0, 0.05) is 38.9 Å². The molecular weight excluding hydrogens is 532 g/mol. The van der Waals surface area contributed by atoms with Gasteiger partial charge in [0.2, 0.25) is 0 Å². The second-order valence-corrected chi connectivity index (χ2v) is 9.43. The van der Waals surface area contributed by atoms with Gasteiger partial charge in [0.05, 0.1) is 5.75 Å². The van der Waals surface area contributed by atoms with Crippen molar-refractivity contribution in [2.24, 2.45) is 4.99 Å². The third-order valence-electron chi connectivity index (χ3n) is 5.11.